The Bertz CT molecular complexity index is 710. The summed E-state index contributed by atoms with van der Waals surface area (Å²) in [6, 6.07) is 9.41. The third kappa shape index (κ3) is 6.29. The zero-order valence-corrected chi connectivity index (χ0v) is 17.9. The summed E-state index contributed by atoms with van der Waals surface area (Å²) in [6.45, 7) is 4.47. The van der Waals surface area contributed by atoms with Gasteiger partial charge in [0.1, 0.15) is 0 Å². The van der Waals surface area contributed by atoms with Crippen molar-refractivity contribution in [1.82, 2.24) is 20.4 Å². The van der Waals surface area contributed by atoms with Crippen molar-refractivity contribution in [3.05, 3.63) is 35.9 Å². The minimum atomic E-state index is -0.383. The van der Waals surface area contributed by atoms with Crippen molar-refractivity contribution < 1.29 is 14.4 Å². The first-order valence-corrected chi connectivity index (χ1v) is 11.3. The summed E-state index contributed by atoms with van der Waals surface area (Å²) in [5.74, 6) is -0.195. The Labute approximate surface area is 179 Å². The van der Waals surface area contributed by atoms with Gasteiger partial charge in [0.05, 0.1) is 6.54 Å². The van der Waals surface area contributed by atoms with Gasteiger partial charge in [-0.25, -0.2) is 4.79 Å². The lowest BCUT2D eigenvalue weighted by Crippen LogP contribution is -2.51. The minimum absolute atomic E-state index is 0.0671. The topological polar surface area (TPSA) is 81.8 Å². The van der Waals surface area contributed by atoms with Crippen molar-refractivity contribution >= 4 is 17.8 Å². The summed E-state index contributed by atoms with van der Waals surface area (Å²) in [5.41, 5.74) is 0.717. The SMILES string of the molecule is CCCN(CC(=O)NC(=O)NC1CCCC1)C1CCN(C(=O)c2ccccc2)CC1. The Morgan fingerprint density at radius 3 is 2.33 bits per heavy atom. The molecule has 1 aliphatic heterocycles. The van der Waals surface area contributed by atoms with E-state index in [1.807, 2.05) is 35.2 Å². The first-order chi connectivity index (χ1) is 14.6. The smallest absolute Gasteiger partial charge is 0.321 e. The standard InChI is InChI=1S/C23H34N4O3/c1-2-14-27(17-21(28)25-23(30)24-19-10-6-7-11-19)20-12-15-26(16-13-20)22(29)18-8-4-3-5-9-18/h3-5,8-9,19-20H,2,6-7,10-17H2,1H3,(H2,24,25,28,30). The lowest BCUT2D eigenvalue weighted by molar-refractivity contribution is -0.122. The molecule has 1 aromatic carbocycles. The van der Waals surface area contributed by atoms with E-state index >= 15 is 0 Å². The summed E-state index contributed by atoms with van der Waals surface area (Å²) >= 11 is 0. The van der Waals surface area contributed by atoms with Crippen LogP contribution in [-0.2, 0) is 4.79 Å². The predicted octanol–water partition coefficient (Wildman–Crippen LogP) is 2.77. The van der Waals surface area contributed by atoms with Gasteiger partial charge >= 0.3 is 6.03 Å². The second-order valence-corrected chi connectivity index (χ2v) is 8.36. The molecular formula is C23H34N4O3. The molecule has 2 fully saturated rings. The van der Waals surface area contributed by atoms with Gasteiger partial charge in [-0.2, -0.15) is 0 Å². The molecule has 2 N–H and O–H groups in total. The number of carbonyl (C=O) groups excluding carboxylic acids is 3. The summed E-state index contributed by atoms with van der Waals surface area (Å²) < 4.78 is 0. The summed E-state index contributed by atoms with van der Waals surface area (Å²) in [6.07, 6.45) is 6.85. The van der Waals surface area contributed by atoms with Gasteiger partial charge in [-0.15, -0.1) is 0 Å². The van der Waals surface area contributed by atoms with E-state index in [1.165, 1.54) is 0 Å². The molecular weight excluding hydrogens is 380 g/mol. The van der Waals surface area contributed by atoms with Crippen molar-refractivity contribution in [3.8, 4) is 0 Å². The van der Waals surface area contributed by atoms with Crippen LogP contribution in [-0.4, -0.2) is 65.9 Å². The van der Waals surface area contributed by atoms with Gasteiger partial charge in [0.15, 0.2) is 0 Å². The molecule has 0 bridgehead atoms. The molecule has 3 rings (SSSR count). The van der Waals surface area contributed by atoms with E-state index in [2.05, 4.69) is 22.5 Å². The number of nitrogens with zero attached hydrogens (tertiary/aromatic N) is 2. The van der Waals surface area contributed by atoms with Crippen LogP contribution in [0.4, 0.5) is 4.79 Å². The van der Waals surface area contributed by atoms with Gasteiger partial charge in [0.2, 0.25) is 5.91 Å². The summed E-state index contributed by atoms with van der Waals surface area (Å²) in [7, 11) is 0. The fraction of sp³-hybridized carbons (Fsp3) is 0.609. The maximum absolute atomic E-state index is 12.6. The molecule has 1 aromatic rings. The zero-order valence-electron chi connectivity index (χ0n) is 17.9. The van der Waals surface area contributed by atoms with Crippen LogP contribution in [0.5, 0.6) is 0 Å². The molecule has 1 aliphatic carbocycles. The lowest BCUT2D eigenvalue weighted by Gasteiger charge is -2.38. The van der Waals surface area contributed by atoms with E-state index in [0.717, 1.165) is 51.5 Å². The van der Waals surface area contributed by atoms with Crippen LogP contribution >= 0.6 is 0 Å². The Hall–Kier alpha value is -2.41. The average Bonchev–Trinajstić information content (AvgIpc) is 3.26. The molecule has 7 nitrogen and oxygen atoms in total. The highest BCUT2D eigenvalue weighted by atomic mass is 16.2. The fourth-order valence-corrected chi connectivity index (χ4v) is 4.52. The number of likely N-dealkylation sites (tertiary alicyclic amines) is 1. The molecule has 30 heavy (non-hydrogen) atoms. The maximum atomic E-state index is 12.6. The predicted molar refractivity (Wildman–Crippen MR) is 116 cm³/mol. The van der Waals surface area contributed by atoms with E-state index in [1.54, 1.807) is 0 Å². The van der Waals surface area contributed by atoms with E-state index in [-0.39, 0.29) is 36.5 Å². The number of nitrogens with one attached hydrogen (secondary N) is 2. The molecule has 0 radical (unpaired) electrons. The van der Waals surface area contributed by atoms with Crippen molar-refractivity contribution in [3.63, 3.8) is 0 Å². The molecule has 0 unspecified atom stereocenters. The second kappa shape index (κ2) is 11.1. The van der Waals surface area contributed by atoms with Crippen LogP contribution in [0.15, 0.2) is 30.3 Å². The molecule has 2 aliphatic rings. The highest BCUT2D eigenvalue weighted by molar-refractivity contribution is 5.95. The number of benzene rings is 1. The van der Waals surface area contributed by atoms with Gasteiger partial charge in [0, 0.05) is 30.7 Å². The van der Waals surface area contributed by atoms with E-state index in [0.29, 0.717) is 18.7 Å². The van der Waals surface area contributed by atoms with E-state index in [9.17, 15) is 14.4 Å². The van der Waals surface area contributed by atoms with Crippen LogP contribution in [0.2, 0.25) is 0 Å². The van der Waals surface area contributed by atoms with Crippen LogP contribution in [0.25, 0.3) is 0 Å². The summed E-state index contributed by atoms with van der Waals surface area (Å²) in [5, 5.41) is 5.38. The third-order valence-electron chi connectivity index (χ3n) is 6.09. The second-order valence-electron chi connectivity index (χ2n) is 8.36. The molecule has 1 saturated carbocycles. The van der Waals surface area contributed by atoms with Crippen LogP contribution in [0.1, 0.15) is 62.2 Å². The number of hydrogen-bond acceptors (Lipinski definition) is 4. The quantitative estimate of drug-likeness (QED) is 0.719. The Morgan fingerprint density at radius 2 is 1.70 bits per heavy atom. The van der Waals surface area contributed by atoms with Gasteiger partial charge in [0.25, 0.3) is 5.91 Å². The molecule has 164 valence electrons. The highest BCUT2D eigenvalue weighted by Gasteiger charge is 2.28. The van der Waals surface area contributed by atoms with Crippen molar-refractivity contribution in [1.29, 1.82) is 0 Å². The fourth-order valence-electron chi connectivity index (χ4n) is 4.52. The van der Waals surface area contributed by atoms with E-state index in [4.69, 9.17) is 0 Å². The number of amides is 4. The Balaban J connectivity index is 1.47. The molecule has 0 aromatic heterocycles. The van der Waals surface area contributed by atoms with Gasteiger partial charge in [-0.05, 0) is 50.8 Å². The Morgan fingerprint density at radius 1 is 1.03 bits per heavy atom. The number of rotatable bonds is 7. The maximum Gasteiger partial charge on any atom is 0.321 e. The first-order valence-electron chi connectivity index (χ1n) is 11.3. The van der Waals surface area contributed by atoms with Crippen molar-refractivity contribution in [2.45, 2.75) is 64.0 Å². The van der Waals surface area contributed by atoms with Gasteiger partial charge < -0.3 is 10.2 Å². The molecule has 0 atom stereocenters. The number of piperidine rings is 1. The molecule has 1 saturated heterocycles. The number of imide groups is 1. The van der Waals surface area contributed by atoms with Crippen molar-refractivity contribution in [2.24, 2.45) is 0 Å². The van der Waals surface area contributed by atoms with Crippen LogP contribution in [0, 0.1) is 0 Å². The third-order valence-corrected chi connectivity index (χ3v) is 6.09. The monoisotopic (exact) mass is 414 g/mol. The van der Waals surface area contributed by atoms with E-state index < -0.39 is 0 Å². The highest BCUT2D eigenvalue weighted by Crippen LogP contribution is 2.19. The van der Waals surface area contributed by atoms with Crippen molar-refractivity contribution in [2.75, 3.05) is 26.2 Å². The Kier molecular flexibility index (Phi) is 8.25. The molecule has 1 heterocycles. The number of hydrogen-bond donors (Lipinski definition) is 2. The average molecular weight is 415 g/mol. The molecule has 4 amide bonds. The first kappa shape index (κ1) is 22.3. The summed E-state index contributed by atoms with van der Waals surface area (Å²) in [4.78, 5) is 41.2. The van der Waals surface area contributed by atoms with Gasteiger partial charge in [-0.3, -0.25) is 19.8 Å². The van der Waals surface area contributed by atoms with Crippen LogP contribution in [0.3, 0.4) is 0 Å². The number of urea groups is 1. The lowest BCUT2D eigenvalue weighted by atomic mass is 10.0. The minimum Gasteiger partial charge on any atom is -0.339 e. The molecule has 0 spiro atoms. The normalized spacial score (nSPS) is 17.9. The van der Waals surface area contributed by atoms with Gasteiger partial charge in [-0.1, -0.05) is 38.0 Å². The molecule has 7 heteroatoms. The zero-order chi connectivity index (χ0) is 21.3. The largest absolute Gasteiger partial charge is 0.339 e. The number of carbonyl (C=O) groups is 3. The van der Waals surface area contributed by atoms with Crippen LogP contribution < -0.4 is 10.6 Å².